The Labute approximate surface area is 128 Å². The van der Waals surface area contributed by atoms with Gasteiger partial charge >= 0.3 is 5.97 Å². The smallest absolute Gasteiger partial charge is 0.305 e. The van der Waals surface area contributed by atoms with Gasteiger partial charge in [0, 0.05) is 28.8 Å². The van der Waals surface area contributed by atoms with Gasteiger partial charge in [0.2, 0.25) is 10.0 Å². The first kappa shape index (κ1) is 17.7. The zero-order valence-corrected chi connectivity index (χ0v) is 13.2. The molecule has 1 rings (SSSR count). The number of aliphatic hydroxyl groups excluding tert-OH is 1. The van der Waals surface area contributed by atoms with Crippen molar-refractivity contribution < 1.29 is 23.1 Å². The first-order chi connectivity index (χ1) is 9.96. The van der Waals surface area contributed by atoms with Gasteiger partial charge in [-0.1, -0.05) is 11.8 Å². The largest absolute Gasteiger partial charge is 0.469 e. The highest BCUT2D eigenvalue weighted by Crippen LogP contribution is 2.14. The fourth-order valence-corrected chi connectivity index (χ4v) is 3.33. The highest BCUT2D eigenvalue weighted by atomic mass is 32.2. The summed E-state index contributed by atoms with van der Waals surface area (Å²) in [7, 11) is -2.15. The van der Waals surface area contributed by atoms with E-state index in [0.717, 1.165) is 10.4 Å². The number of methoxy groups -OCH3 is 1. The van der Waals surface area contributed by atoms with Crippen molar-refractivity contribution in [1.29, 1.82) is 0 Å². The van der Waals surface area contributed by atoms with Crippen LogP contribution in [0.5, 0.6) is 0 Å². The fourth-order valence-electron chi connectivity index (χ4n) is 1.44. The third-order valence-electron chi connectivity index (χ3n) is 2.45. The molecular formula is C13H17NO5S2. The van der Waals surface area contributed by atoms with Crippen LogP contribution in [-0.2, 0) is 26.1 Å². The van der Waals surface area contributed by atoms with Gasteiger partial charge in [-0.15, -0.1) is 11.3 Å². The maximum absolute atomic E-state index is 11.7. The molecule has 0 unspecified atom stereocenters. The van der Waals surface area contributed by atoms with Crippen LogP contribution in [0.1, 0.15) is 23.3 Å². The van der Waals surface area contributed by atoms with E-state index in [1.54, 1.807) is 11.4 Å². The molecule has 1 heterocycles. The molecule has 0 atom stereocenters. The molecule has 1 aromatic rings. The molecule has 0 aliphatic heterocycles. The quantitative estimate of drug-likeness (QED) is 0.559. The van der Waals surface area contributed by atoms with Crippen molar-refractivity contribution in [3.05, 3.63) is 21.9 Å². The van der Waals surface area contributed by atoms with Crippen LogP contribution in [0.3, 0.4) is 0 Å². The minimum atomic E-state index is -3.42. The molecule has 2 N–H and O–H groups in total. The minimum absolute atomic E-state index is 0.0807. The van der Waals surface area contributed by atoms with Crippen LogP contribution in [0.25, 0.3) is 0 Å². The number of thiophene rings is 1. The summed E-state index contributed by atoms with van der Waals surface area (Å²) in [4.78, 5) is 11.7. The number of aliphatic hydroxyl groups is 1. The lowest BCUT2D eigenvalue weighted by Gasteiger charge is -2.04. The lowest BCUT2D eigenvalue weighted by Crippen LogP contribution is -2.26. The number of esters is 1. The lowest BCUT2D eigenvalue weighted by atomic mass is 10.3. The zero-order chi connectivity index (χ0) is 15.7. The van der Waals surface area contributed by atoms with E-state index < -0.39 is 16.0 Å². The van der Waals surface area contributed by atoms with Gasteiger partial charge in [0.25, 0.3) is 0 Å². The number of hydrogen-bond donors (Lipinski definition) is 2. The molecule has 1 aromatic heterocycles. The predicted octanol–water partition coefficient (Wildman–Crippen LogP) is 0.464. The van der Waals surface area contributed by atoms with Crippen LogP contribution < -0.4 is 4.72 Å². The second-order valence-electron chi connectivity index (χ2n) is 4.08. The van der Waals surface area contributed by atoms with Crippen molar-refractivity contribution in [2.24, 2.45) is 0 Å². The Morgan fingerprint density at radius 2 is 2.29 bits per heavy atom. The third-order valence-corrected chi connectivity index (χ3v) is 4.80. The van der Waals surface area contributed by atoms with Gasteiger partial charge in [-0.05, 0) is 12.5 Å². The van der Waals surface area contributed by atoms with Crippen LogP contribution >= 0.6 is 11.3 Å². The fraction of sp³-hybridized carbons (Fsp3) is 0.462. The standard InChI is InChI=1S/C13H17NO5S2/c1-19-13(16)5-3-7-21(17,18)14-9-12-8-11(10-20-12)4-2-6-15/h8,10,14-15H,3,5-7,9H2,1H3. The maximum Gasteiger partial charge on any atom is 0.305 e. The van der Waals surface area contributed by atoms with Crippen molar-refractivity contribution >= 4 is 27.3 Å². The van der Waals surface area contributed by atoms with Crippen LogP contribution in [0.15, 0.2) is 11.4 Å². The van der Waals surface area contributed by atoms with E-state index in [0.29, 0.717) is 0 Å². The predicted molar refractivity (Wildman–Crippen MR) is 80.2 cm³/mol. The molecule has 0 saturated carbocycles. The molecule has 0 amide bonds. The summed E-state index contributed by atoms with van der Waals surface area (Å²) in [6, 6.07) is 1.77. The summed E-state index contributed by atoms with van der Waals surface area (Å²) in [6.07, 6.45) is 0.303. The van der Waals surface area contributed by atoms with E-state index in [9.17, 15) is 13.2 Å². The van der Waals surface area contributed by atoms with Crippen LogP contribution in [0.2, 0.25) is 0 Å². The van der Waals surface area contributed by atoms with Gasteiger partial charge in [0.05, 0.1) is 12.9 Å². The summed E-state index contributed by atoms with van der Waals surface area (Å²) in [6.45, 7) is -0.0238. The molecule has 0 spiro atoms. The molecule has 0 saturated heterocycles. The van der Waals surface area contributed by atoms with Crippen LogP contribution in [0.4, 0.5) is 0 Å². The highest BCUT2D eigenvalue weighted by Gasteiger charge is 2.12. The molecule has 0 bridgehead atoms. The van der Waals surface area contributed by atoms with Gasteiger partial charge in [-0.25, -0.2) is 13.1 Å². The van der Waals surface area contributed by atoms with Crippen LogP contribution in [-0.4, -0.2) is 39.0 Å². The Balaban J connectivity index is 2.42. The second-order valence-corrected chi connectivity index (χ2v) is 7.00. The first-order valence-corrected chi connectivity index (χ1v) is 8.71. The summed E-state index contributed by atoms with van der Waals surface area (Å²) < 4.78 is 30.4. The van der Waals surface area contributed by atoms with E-state index in [1.807, 2.05) is 0 Å². The van der Waals surface area contributed by atoms with E-state index in [-0.39, 0.29) is 31.7 Å². The molecule has 6 nitrogen and oxygen atoms in total. The molecule has 116 valence electrons. The third kappa shape index (κ3) is 7.24. The van der Waals surface area contributed by atoms with Gasteiger partial charge in [0.1, 0.15) is 6.61 Å². The monoisotopic (exact) mass is 331 g/mol. The molecular weight excluding hydrogens is 314 g/mol. The number of rotatable bonds is 7. The average Bonchev–Trinajstić information content (AvgIpc) is 2.90. The van der Waals surface area contributed by atoms with Gasteiger partial charge in [-0.3, -0.25) is 4.79 Å². The van der Waals surface area contributed by atoms with Crippen molar-refractivity contribution in [3.63, 3.8) is 0 Å². The topological polar surface area (TPSA) is 92.7 Å². The van der Waals surface area contributed by atoms with E-state index in [2.05, 4.69) is 21.3 Å². The summed E-state index contributed by atoms with van der Waals surface area (Å²) >= 11 is 1.39. The molecule has 0 aliphatic carbocycles. The molecule has 21 heavy (non-hydrogen) atoms. The van der Waals surface area contributed by atoms with Gasteiger partial charge in [0.15, 0.2) is 0 Å². The molecule has 0 fully saturated rings. The summed E-state index contributed by atoms with van der Waals surface area (Å²) in [5.41, 5.74) is 0.744. The summed E-state index contributed by atoms with van der Waals surface area (Å²) in [5.74, 6) is 4.73. The van der Waals surface area contributed by atoms with Gasteiger partial charge < -0.3 is 9.84 Å². The maximum atomic E-state index is 11.7. The van der Waals surface area contributed by atoms with E-state index in [4.69, 9.17) is 5.11 Å². The van der Waals surface area contributed by atoms with Gasteiger partial charge in [-0.2, -0.15) is 0 Å². The number of ether oxygens (including phenoxy) is 1. The molecule has 0 aromatic carbocycles. The lowest BCUT2D eigenvalue weighted by molar-refractivity contribution is -0.140. The molecule has 8 heteroatoms. The molecule has 0 radical (unpaired) electrons. The molecule has 0 aliphatic rings. The Kier molecular flexibility index (Phi) is 7.39. The van der Waals surface area contributed by atoms with Crippen molar-refractivity contribution in [2.45, 2.75) is 19.4 Å². The zero-order valence-electron chi connectivity index (χ0n) is 11.6. The van der Waals surface area contributed by atoms with Crippen LogP contribution in [0, 0.1) is 11.8 Å². The SMILES string of the molecule is COC(=O)CCCS(=O)(=O)NCc1cc(C#CCO)cs1. The minimum Gasteiger partial charge on any atom is -0.469 e. The van der Waals surface area contributed by atoms with Crippen molar-refractivity contribution in [3.8, 4) is 11.8 Å². The first-order valence-electron chi connectivity index (χ1n) is 6.18. The second kappa shape index (κ2) is 8.79. The number of carbonyl (C=O) groups excluding carboxylic acids is 1. The number of nitrogens with one attached hydrogen (secondary N) is 1. The van der Waals surface area contributed by atoms with E-state index in [1.165, 1.54) is 18.4 Å². The summed E-state index contributed by atoms with van der Waals surface area (Å²) in [5, 5.41) is 10.4. The highest BCUT2D eigenvalue weighted by molar-refractivity contribution is 7.89. The number of sulfonamides is 1. The normalized spacial score (nSPS) is 10.8. The average molecular weight is 331 g/mol. The number of carbonyl (C=O) groups is 1. The van der Waals surface area contributed by atoms with E-state index >= 15 is 0 Å². The van der Waals surface area contributed by atoms with Crippen molar-refractivity contribution in [1.82, 2.24) is 4.72 Å². The Morgan fingerprint density at radius 3 is 2.95 bits per heavy atom. The Bertz CT molecular complexity index is 624. The number of hydrogen-bond acceptors (Lipinski definition) is 6. The Morgan fingerprint density at radius 1 is 1.52 bits per heavy atom. The van der Waals surface area contributed by atoms with Crippen molar-refractivity contribution in [2.75, 3.05) is 19.5 Å². The Hall–Kier alpha value is -1.40.